The first-order valence-corrected chi connectivity index (χ1v) is 11.1. The molecule has 0 radical (unpaired) electrons. The quantitative estimate of drug-likeness (QED) is 0.299. The summed E-state index contributed by atoms with van der Waals surface area (Å²) in [5.74, 6) is 0.0796. The predicted molar refractivity (Wildman–Crippen MR) is 131 cm³/mol. The van der Waals surface area contributed by atoms with Crippen LogP contribution in [0, 0.1) is 5.41 Å². The Kier molecular flexibility index (Phi) is 6.09. The van der Waals surface area contributed by atoms with Crippen LogP contribution in [0.15, 0.2) is 72.8 Å². The molecule has 3 aromatic carbocycles. The fourth-order valence-electron chi connectivity index (χ4n) is 4.25. The molecule has 0 amide bonds. The second kappa shape index (κ2) is 8.98. The van der Waals surface area contributed by atoms with Crippen molar-refractivity contribution in [3.05, 3.63) is 83.9 Å². The zero-order chi connectivity index (χ0) is 23.6. The summed E-state index contributed by atoms with van der Waals surface area (Å²) in [5.41, 5.74) is 4.59. The lowest BCUT2D eigenvalue weighted by Gasteiger charge is -2.34. The molecular formula is C27H29N3O3. The van der Waals surface area contributed by atoms with Gasteiger partial charge in [-0.25, -0.2) is 4.98 Å². The molecule has 4 aromatic rings. The minimum absolute atomic E-state index is 0.00631. The van der Waals surface area contributed by atoms with E-state index in [0.717, 1.165) is 22.3 Å². The van der Waals surface area contributed by atoms with Gasteiger partial charge in [-0.3, -0.25) is 4.79 Å². The Bertz CT molecular complexity index is 1260. The molecule has 3 N–H and O–H groups in total. The van der Waals surface area contributed by atoms with Crippen molar-refractivity contribution in [3.63, 3.8) is 0 Å². The van der Waals surface area contributed by atoms with Crippen molar-refractivity contribution in [3.8, 4) is 5.75 Å². The number of rotatable bonds is 7. The standard InChI is InChI=1S/C27H29N3O3/c1-27(2,3)25(19-7-5-4-6-8-19)30-23-15-9-18(10-16-24(32)33)17-22(23)29-26(30)28-20-11-13-21(31)14-12-20/h4-9,11-15,17,25,31H,10,16H2,1-3H3,(H,28,29)(H,32,33). The Hall–Kier alpha value is -3.80. The third kappa shape index (κ3) is 5.00. The van der Waals surface area contributed by atoms with E-state index >= 15 is 0 Å². The van der Waals surface area contributed by atoms with Crippen LogP contribution in [0.1, 0.15) is 44.4 Å². The second-order valence-corrected chi connectivity index (χ2v) is 9.37. The summed E-state index contributed by atoms with van der Waals surface area (Å²) in [6, 6.07) is 23.2. The third-order valence-electron chi connectivity index (χ3n) is 5.70. The fourth-order valence-corrected chi connectivity index (χ4v) is 4.25. The number of phenols is 1. The molecule has 0 saturated carbocycles. The molecule has 1 atom stereocenters. The number of benzene rings is 3. The SMILES string of the molecule is CC(C)(C)C(c1ccccc1)n1c(Nc2ccc(O)cc2)nc2cc(CCC(=O)O)ccc21. The van der Waals surface area contributed by atoms with E-state index in [4.69, 9.17) is 10.1 Å². The Morgan fingerprint density at radius 2 is 1.73 bits per heavy atom. The number of aromatic hydroxyl groups is 1. The molecule has 33 heavy (non-hydrogen) atoms. The number of aromatic nitrogens is 2. The number of nitrogens with zero attached hydrogens (tertiary/aromatic N) is 2. The van der Waals surface area contributed by atoms with Gasteiger partial charge in [-0.05, 0) is 59.4 Å². The molecule has 0 spiro atoms. The van der Waals surface area contributed by atoms with Crippen LogP contribution in [0.3, 0.4) is 0 Å². The van der Waals surface area contributed by atoms with Crippen LogP contribution in [0.5, 0.6) is 5.75 Å². The summed E-state index contributed by atoms with van der Waals surface area (Å²) in [6.07, 6.45) is 0.541. The summed E-state index contributed by atoms with van der Waals surface area (Å²) >= 11 is 0. The van der Waals surface area contributed by atoms with Gasteiger partial charge in [-0.1, -0.05) is 57.2 Å². The predicted octanol–water partition coefficient (Wildman–Crippen LogP) is 6.14. The number of aliphatic carboxylic acids is 1. The van der Waals surface area contributed by atoms with E-state index in [-0.39, 0.29) is 23.6 Å². The molecular weight excluding hydrogens is 414 g/mol. The molecule has 170 valence electrons. The molecule has 6 nitrogen and oxygen atoms in total. The van der Waals surface area contributed by atoms with Crippen molar-refractivity contribution in [2.24, 2.45) is 5.41 Å². The zero-order valence-corrected chi connectivity index (χ0v) is 19.1. The number of fused-ring (bicyclic) bond motifs is 1. The van der Waals surface area contributed by atoms with E-state index in [2.05, 4.69) is 42.8 Å². The van der Waals surface area contributed by atoms with Crippen molar-refractivity contribution < 1.29 is 15.0 Å². The summed E-state index contributed by atoms with van der Waals surface area (Å²) in [6.45, 7) is 6.63. The first-order chi connectivity index (χ1) is 15.7. The highest BCUT2D eigenvalue weighted by molar-refractivity contribution is 5.81. The Labute approximate surface area is 193 Å². The minimum atomic E-state index is -0.813. The van der Waals surface area contributed by atoms with E-state index in [9.17, 15) is 9.90 Å². The number of carbonyl (C=O) groups is 1. The number of carboxylic acids is 1. The number of imidazole rings is 1. The van der Waals surface area contributed by atoms with Crippen molar-refractivity contribution >= 4 is 28.6 Å². The van der Waals surface area contributed by atoms with Gasteiger partial charge in [0.05, 0.1) is 17.1 Å². The zero-order valence-electron chi connectivity index (χ0n) is 19.1. The molecule has 4 rings (SSSR count). The average Bonchev–Trinajstić information content (AvgIpc) is 3.10. The lowest BCUT2D eigenvalue weighted by atomic mass is 9.82. The Balaban J connectivity index is 1.88. The highest BCUT2D eigenvalue weighted by Crippen LogP contribution is 2.41. The molecule has 0 saturated heterocycles. The molecule has 0 bridgehead atoms. The number of carboxylic acid groups (broad SMARTS) is 1. The second-order valence-electron chi connectivity index (χ2n) is 9.37. The van der Waals surface area contributed by atoms with Crippen LogP contribution >= 0.6 is 0 Å². The summed E-state index contributed by atoms with van der Waals surface area (Å²) in [5, 5.41) is 22.2. The molecule has 0 aliphatic heterocycles. The van der Waals surface area contributed by atoms with Crippen LogP contribution in [0.2, 0.25) is 0 Å². The molecule has 0 fully saturated rings. The first-order valence-electron chi connectivity index (χ1n) is 11.1. The van der Waals surface area contributed by atoms with Crippen LogP contribution in [0.4, 0.5) is 11.6 Å². The van der Waals surface area contributed by atoms with E-state index in [1.54, 1.807) is 12.1 Å². The third-order valence-corrected chi connectivity index (χ3v) is 5.70. The number of nitrogens with one attached hydrogen (secondary N) is 1. The molecule has 1 heterocycles. The van der Waals surface area contributed by atoms with Gasteiger partial charge in [0.2, 0.25) is 5.95 Å². The molecule has 1 aromatic heterocycles. The summed E-state index contributed by atoms with van der Waals surface area (Å²) < 4.78 is 2.22. The highest BCUT2D eigenvalue weighted by atomic mass is 16.4. The highest BCUT2D eigenvalue weighted by Gasteiger charge is 2.31. The van der Waals surface area contributed by atoms with Crippen molar-refractivity contribution in [1.82, 2.24) is 9.55 Å². The van der Waals surface area contributed by atoms with Gasteiger partial charge < -0.3 is 20.1 Å². The summed E-state index contributed by atoms with van der Waals surface area (Å²) in [4.78, 5) is 16.0. The number of hydrogen-bond donors (Lipinski definition) is 3. The minimum Gasteiger partial charge on any atom is -0.508 e. The van der Waals surface area contributed by atoms with E-state index < -0.39 is 5.97 Å². The van der Waals surface area contributed by atoms with Gasteiger partial charge in [0.1, 0.15) is 5.75 Å². The lowest BCUT2D eigenvalue weighted by Crippen LogP contribution is -2.26. The molecule has 1 unspecified atom stereocenters. The van der Waals surface area contributed by atoms with Crippen LogP contribution in [0.25, 0.3) is 11.0 Å². The first kappa shape index (κ1) is 22.4. The maximum atomic E-state index is 11.0. The Morgan fingerprint density at radius 1 is 1.03 bits per heavy atom. The van der Waals surface area contributed by atoms with Crippen LogP contribution in [-0.2, 0) is 11.2 Å². The van der Waals surface area contributed by atoms with Gasteiger partial charge >= 0.3 is 5.97 Å². The van der Waals surface area contributed by atoms with E-state index in [1.165, 1.54) is 5.56 Å². The number of phenolic OH excluding ortho intramolecular Hbond substituents is 1. The van der Waals surface area contributed by atoms with E-state index in [1.807, 2.05) is 48.5 Å². The Morgan fingerprint density at radius 3 is 2.36 bits per heavy atom. The molecule has 0 aliphatic carbocycles. The van der Waals surface area contributed by atoms with Crippen molar-refractivity contribution in [1.29, 1.82) is 0 Å². The summed E-state index contributed by atoms with van der Waals surface area (Å²) in [7, 11) is 0. The van der Waals surface area contributed by atoms with Crippen molar-refractivity contribution in [2.75, 3.05) is 5.32 Å². The average molecular weight is 444 g/mol. The smallest absolute Gasteiger partial charge is 0.303 e. The van der Waals surface area contributed by atoms with Gasteiger partial charge in [0.25, 0.3) is 0 Å². The number of aryl methyl sites for hydroxylation is 1. The van der Waals surface area contributed by atoms with Crippen LogP contribution in [-0.4, -0.2) is 25.7 Å². The topological polar surface area (TPSA) is 87.4 Å². The van der Waals surface area contributed by atoms with Gasteiger partial charge in [0, 0.05) is 12.1 Å². The van der Waals surface area contributed by atoms with Crippen molar-refractivity contribution in [2.45, 2.75) is 39.7 Å². The van der Waals surface area contributed by atoms with Gasteiger partial charge in [0.15, 0.2) is 0 Å². The largest absolute Gasteiger partial charge is 0.508 e. The lowest BCUT2D eigenvalue weighted by molar-refractivity contribution is -0.136. The molecule has 6 heteroatoms. The van der Waals surface area contributed by atoms with Gasteiger partial charge in [-0.15, -0.1) is 0 Å². The number of hydrogen-bond acceptors (Lipinski definition) is 4. The monoisotopic (exact) mass is 443 g/mol. The van der Waals surface area contributed by atoms with Crippen LogP contribution < -0.4 is 5.32 Å². The maximum Gasteiger partial charge on any atom is 0.303 e. The van der Waals surface area contributed by atoms with Gasteiger partial charge in [-0.2, -0.15) is 0 Å². The normalized spacial score (nSPS) is 12.6. The van der Waals surface area contributed by atoms with E-state index in [0.29, 0.717) is 12.4 Å². The maximum absolute atomic E-state index is 11.0. The number of anilines is 2. The fraction of sp³-hybridized carbons (Fsp3) is 0.259. The molecule has 0 aliphatic rings.